The van der Waals surface area contributed by atoms with Crippen molar-refractivity contribution in [2.75, 3.05) is 6.54 Å². The molecule has 1 saturated heterocycles. The van der Waals surface area contributed by atoms with Crippen LogP contribution in [0.3, 0.4) is 0 Å². The molecule has 3 nitrogen and oxygen atoms in total. The van der Waals surface area contributed by atoms with Crippen molar-refractivity contribution >= 4 is 5.91 Å². The number of phenols is 1. The molecule has 1 fully saturated rings. The highest BCUT2D eigenvalue weighted by Gasteiger charge is 2.57. The second-order valence-corrected chi connectivity index (χ2v) is 8.19. The zero-order valence-corrected chi connectivity index (χ0v) is 15.1. The smallest absolute Gasteiger partial charge is 0.254 e. The summed E-state index contributed by atoms with van der Waals surface area (Å²) in [7, 11) is 0. The zero-order valence-electron chi connectivity index (χ0n) is 15.1. The fraction of sp³-hybridized carbons (Fsp3) is 0.409. The van der Waals surface area contributed by atoms with Crippen LogP contribution < -0.4 is 0 Å². The molecular weight excluding hydrogens is 310 g/mol. The number of fused-ring (bicyclic) bond motifs is 4. The van der Waals surface area contributed by atoms with Crippen molar-refractivity contribution in [1.82, 2.24) is 4.90 Å². The lowest BCUT2D eigenvalue weighted by Crippen LogP contribution is -2.64. The standard InChI is InChI=1S/C22H25NO2/c1-21(2)19-14-16-17(10-7-11-18(16)24)22(21,3)12-13-23(19)20(25)15-8-5-4-6-9-15/h4-11,19,24H,12-14H2,1-3H3/t19?,22-/m0/s1. The number of likely N-dealkylation sites (tertiary alicyclic amines) is 1. The SMILES string of the molecule is CC1(C)C2Cc3c(O)cccc3[C@]1(C)CCN2C(=O)c1ccccc1. The molecule has 1 N–H and O–H groups in total. The van der Waals surface area contributed by atoms with Crippen molar-refractivity contribution in [2.45, 2.75) is 45.1 Å². The van der Waals surface area contributed by atoms with Crippen LogP contribution in [0.15, 0.2) is 48.5 Å². The third-order valence-corrected chi connectivity index (χ3v) is 6.91. The van der Waals surface area contributed by atoms with Crippen LogP contribution in [0.25, 0.3) is 0 Å². The van der Waals surface area contributed by atoms with Gasteiger partial charge in [-0.3, -0.25) is 4.79 Å². The van der Waals surface area contributed by atoms with Crippen molar-refractivity contribution in [3.05, 3.63) is 65.2 Å². The van der Waals surface area contributed by atoms with E-state index in [1.807, 2.05) is 41.3 Å². The first-order chi connectivity index (χ1) is 11.9. The van der Waals surface area contributed by atoms with Crippen molar-refractivity contribution in [1.29, 1.82) is 0 Å². The van der Waals surface area contributed by atoms with Gasteiger partial charge in [-0.2, -0.15) is 0 Å². The van der Waals surface area contributed by atoms with Gasteiger partial charge in [0.15, 0.2) is 0 Å². The van der Waals surface area contributed by atoms with Crippen LogP contribution in [0.2, 0.25) is 0 Å². The molecule has 0 aromatic heterocycles. The molecular formula is C22H25NO2. The molecule has 1 heterocycles. The van der Waals surface area contributed by atoms with Crippen LogP contribution in [0.5, 0.6) is 5.75 Å². The van der Waals surface area contributed by atoms with E-state index < -0.39 is 0 Å². The summed E-state index contributed by atoms with van der Waals surface area (Å²) in [5, 5.41) is 10.4. The molecule has 2 bridgehead atoms. The fourth-order valence-electron chi connectivity index (χ4n) is 4.92. The zero-order chi connectivity index (χ0) is 17.8. The molecule has 1 aliphatic carbocycles. The van der Waals surface area contributed by atoms with E-state index >= 15 is 0 Å². The molecule has 2 aromatic carbocycles. The summed E-state index contributed by atoms with van der Waals surface area (Å²) < 4.78 is 0. The minimum absolute atomic E-state index is 0.0442. The van der Waals surface area contributed by atoms with Crippen molar-refractivity contribution in [3.63, 3.8) is 0 Å². The maximum Gasteiger partial charge on any atom is 0.254 e. The Morgan fingerprint density at radius 3 is 2.52 bits per heavy atom. The van der Waals surface area contributed by atoms with Gasteiger partial charge in [0, 0.05) is 23.6 Å². The van der Waals surface area contributed by atoms with E-state index in [4.69, 9.17) is 0 Å². The van der Waals surface area contributed by atoms with Gasteiger partial charge in [0.1, 0.15) is 5.75 Å². The molecule has 1 unspecified atom stereocenters. The summed E-state index contributed by atoms with van der Waals surface area (Å²) in [4.78, 5) is 15.2. The lowest BCUT2D eigenvalue weighted by Gasteiger charge is -2.60. The average Bonchev–Trinajstić information content (AvgIpc) is 2.59. The number of hydrogen-bond donors (Lipinski definition) is 1. The summed E-state index contributed by atoms with van der Waals surface area (Å²) in [6.45, 7) is 7.60. The Bertz CT molecular complexity index is 827. The molecule has 0 saturated carbocycles. The number of hydrogen-bond acceptors (Lipinski definition) is 2. The number of nitrogens with zero attached hydrogens (tertiary/aromatic N) is 1. The first-order valence-electron chi connectivity index (χ1n) is 9.03. The highest BCUT2D eigenvalue weighted by Crippen LogP contribution is 2.57. The summed E-state index contributed by atoms with van der Waals surface area (Å²) in [5.74, 6) is 0.456. The van der Waals surface area contributed by atoms with E-state index in [-0.39, 0.29) is 22.8 Å². The highest BCUT2D eigenvalue weighted by molar-refractivity contribution is 5.94. The van der Waals surface area contributed by atoms with Crippen molar-refractivity contribution < 1.29 is 9.90 Å². The number of phenolic OH excluding ortho intramolecular Hbond substituents is 1. The van der Waals surface area contributed by atoms with Gasteiger partial charge in [-0.15, -0.1) is 0 Å². The Hall–Kier alpha value is -2.29. The van der Waals surface area contributed by atoms with E-state index in [1.165, 1.54) is 5.56 Å². The molecule has 2 aliphatic rings. The second kappa shape index (κ2) is 5.35. The molecule has 1 aliphatic heterocycles. The number of piperidine rings is 1. The van der Waals surface area contributed by atoms with Gasteiger partial charge < -0.3 is 10.0 Å². The van der Waals surface area contributed by atoms with E-state index in [2.05, 4.69) is 26.8 Å². The van der Waals surface area contributed by atoms with Crippen LogP contribution in [-0.2, 0) is 11.8 Å². The van der Waals surface area contributed by atoms with Gasteiger partial charge in [-0.05, 0) is 47.6 Å². The molecule has 3 heteroatoms. The van der Waals surface area contributed by atoms with Gasteiger partial charge in [0.2, 0.25) is 0 Å². The lowest BCUT2D eigenvalue weighted by molar-refractivity contribution is -0.0266. The number of aromatic hydroxyl groups is 1. The maximum absolute atomic E-state index is 13.2. The Morgan fingerprint density at radius 2 is 1.80 bits per heavy atom. The maximum atomic E-state index is 13.2. The summed E-state index contributed by atoms with van der Waals surface area (Å²) in [6.07, 6.45) is 1.62. The topological polar surface area (TPSA) is 40.5 Å². The highest BCUT2D eigenvalue weighted by atomic mass is 16.3. The lowest BCUT2D eigenvalue weighted by atomic mass is 9.51. The number of benzene rings is 2. The summed E-state index contributed by atoms with van der Waals surface area (Å²) in [6, 6.07) is 15.5. The minimum atomic E-state index is -0.0590. The third kappa shape index (κ3) is 2.14. The van der Waals surface area contributed by atoms with Gasteiger partial charge in [-0.1, -0.05) is 51.1 Å². The first-order valence-corrected chi connectivity index (χ1v) is 9.03. The molecule has 25 heavy (non-hydrogen) atoms. The Labute approximate surface area is 149 Å². The third-order valence-electron chi connectivity index (χ3n) is 6.91. The average molecular weight is 335 g/mol. The van der Waals surface area contributed by atoms with Crippen molar-refractivity contribution in [2.24, 2.45) is 5.41 Å². The Kier molecular flexibility index (Phi) is 3.47. The number of carbonyl (C=O) groups is 1. The molecule has 1 amide bonds. The molecule has 2 atom stereocenters. The van der Waals surface area contributed by atoms with Crippen LogP contribution in [0, 0.1) is 5.41 Å². The minimum Gasteiger partial charge on any atom is -0.508 e. The number of rotatable bonds is 1. The summed E-state index contributed by atoms with van der Waals surface area (Å²) in [5.41, 5.74) is 2.90. The Balaban J connectivity index is 1.81. The monoisotopic (exact) mass is 335 g/mol. The van der Waals surface area contributed by atoms with Crippen LogP contribution >= 0.6 is 0 Å². The predicted molar refractivity (Wildman–Crippen MR) is 98.8 cm³/mol. The molecule has 0 spiro atoms. The van der Waals surface area contributed by atoms with E-state index in [0.717, 1.165) is 24.1 Å². The number of carbonyl (C=O) groups excluding carboxylic acids is 1. The van der Waals surface area contributed by atoms with Gasteiger partial charge in [-0.25, -0.2) is 0 Å². The Morgan fingerprint density at radius 1 is 1.08 bits per heavy atom. The van der Waals surface area contributed by atoms with Gasteiger partial charge in [0.05, 0.1) is 0 Å². The molecule has 0 radical (unpaired) electrons. The largest absolute Gasteiger partial charge is 0.508 e. The van der Waals surface area contributed by atoms with E-state index in [0.29, 0.717) is 12.2 Å². The molecule has 2 aromatic rings. The van der Waals surface area contributed by atoms with Crippen LogP contribution in [0.1, 0.15) is 48.7 Å². The van der Waals surface area contributed by atoms with Crippen LogP contribution in [-0.4, -0.2) is 28.5 Å². The number of amides is 1. The molecule has 130 valence electrons. The van der Waals surface area contributed by atoms with Gasteiger partial charge >= 0.3 is 0 Å². The van der Waals surface area contributed by atoms with E-state index in [9.17, 15) is 9.90 Å². The predicted octanol–water partition coefficient (Wildman–Crippen LogP) is 4.15. The normalized spacial score (nSPS) is 26.8. The molecule has 4 rings (SSSR count). The van der Waals surface area contributed by atoms with Gasteiger partial charge in [0.25, 0.3) is 5.91 Å². The second-order valence-electron chi connectivity index (χ2n) is 8.19. The van der Waals surface area contributed by atoms with Crippen molar-refractivity contribution in [3.8, 4) is 5.75 Å². The van der Waals surface area contributed by atoms with E-state index in [1.54, 1.807) is 6.07 Å². The van der Waals surface area contributed by atoms with Crippen LogP contribution in [0.4, 0.5) is 0 Å². The first kappa shape index (κ1) is 16.2. The quantitative estimate of drug-likeness (QED) is 0.850. The summed E-state index contributed by atoms with van der Waals surface area (Å²) >= 11 is 0. The fourth-order valence-corrected chi connectivity index (χ4v) is 4.92.